The second kappa shape index (κ2) is 4.65. The zero-order valence-electron chi connectivity index (χ0n) is 9.63. The zero-order valence-corrected chi connectivity index (χ0v) is 9.63. The first-order chi connectivity index (χ1) is 7.33. The molecule has 0 spiro atoms. The Bertz CT molecular complexity index is 268. The van der Waals surface area contributed by atoms with Gasteiger partial charge < -0.3 is 9.84 Å². The van der Waals surface area contributed by atoms with Gasteiger partial charge in [-0.05, 0) is 25.7 Å². The van der Waals surface area contributed by atoms with Crippen molar-refractivity contribution in [3.63, 3.8) is 0 Å². The minimum atomic E-state index is -3.81. The predicted octanol–water partition coefficient (Wildman–Crippen LogP) is 2.13. The predicted molar refractivity (Wildman–Crippen MR) is 54.2 cm³/mol. The van der Waals surface area contributed by atoms with E-state index in [-0.39, 0.29) is 25.4 Å². The monoisotopic (exact) mass is 236 g/mol. The molecule has 0 aromatic heterocycles. The van der Waals surface area contributed by atoms with Gasteiger partial charge in [-0.1, -0.05) is 19.8 Å². The van der Waals surface area contributed by atoms with Gasteiger partial charge in [0.2, 0.25) is 0 Å². The fourth-order valence-electron chi connectivity index (χ4n) is 2.22. The SMILES string of the molecule is CCOC(=O)C(F)(F)C1(O)CCCC(C)C1. The normalized spacial score (nSPS) is 31.2. The van der Waals surface area contributed by atoms with Crippen LogP contribution in [0.1, 0.15) is 39.5 Å². The summed E-state index contributed by atoms with van der Waals surface area (Å²) in [5.41, 5.74) is -2.24. The first-order valence-corrected chi connectivity index (χ1v) is 5.61. The molecular formula is C11H18F2O3. The summed E-state index contributed by atoms with van der Waals surface area (Å²) >= 11 is 0. The maximum atomic E-state index is 13.7. The van der Waals surface area contributed by atoms with E-state index in [4.69, 9.17) is 0 Å². The summed E-state index contributed by atoms with van der Waals surface area (Å²) in [4.78, 5) is 11.1. The van der Waals surface area contributed by atoms with Crippen molar-refractivity contribution in [2.45, 2.75) is 51.1 Å². The maximum absolute atomic E-state index is 13.7. The lowest BCUT2D eigenvalue weighted by Crippen LogP contribution is -2.56. The minimum absolute atomic E-state index is 0.000878. The third-order valence-electron chi connectivity index (χ3n) is 3.09. The van der Waals surface area contributed by atoms with Crippen LogP contribution in [0.15, 0.2) is 0 Å². The van der Waals surface area contributed by atoms with Crippen LogP contribution in [0.3, 0.4) is 0 Å². The maximum Gasteiger partial charge on any atom is 0.380 e. The fraction of sp³-hybridized carbons (Fsp3) is 0.909. The molecule has 1 aliphatic rings. The molecule has 0 aromatic rings. The van der Waals surface area contributed by atoms with Crippen molar-refractivity contribution in [2.75, 3.05) is 6.61 Å². The number of esters is 1. The van der Waals surface area contributed by atoms with Gasteiger partial charge in [0.1, 0.15) is 5.60 Å². The van der Waals surface area contributed by atoms with Gasteiger partial charge >= 0.3 is 11.9 Å². The molecule has 0 saturated heterocycles. The Morgan fingerprint density at radius 2 is 2.25 bits per heavy atom. The van der Waals surface area contributed by atoms with Gasteiger partial charge in [-0.25, -0.2) is 4.79 Å². The zero-order chi connectivity index (χ0) is 12.4. The summed E-state index contributed by atoms with van der Waals surface area (Å²) in [5.74, 6) is -5.43. The van der Waals surface area contributed by atoms with Crippen molar-refractivity contribution >= 4 is 5.97 Å². The van der Waals surface area contributed by atoms with Crippen molar-refractivity contribution in [1.29, 1.82) is 0 Å². The second-order valence-electron chi connectivity index (χ2n) is 4.53. The van der Waals surface area contributed by atoms with Crippen LogP contribution in [0.25, 0.3) is 0 Å². The fourth-order valence-corrected chi connectivity index (χ4v) is 2.22. The third-order valence-corrected chi connectivity index (χ3v) is 3.09. The topological polar surface area (TPSA) is 46.5 Å². The summed E-state index contributed by atoms with van der Waals surface area (Å²) in [5, 5.41) is 9.92. The van der Waals surface area contributed by atoms with E-state index < -0.39 is 17.5 Å². The number of carbonyl (C=O) groups is 1. The van der Waals surface area contributed by atoms with Crippen LogP contribution in [0.5, 0.6) is 0 Å². The van der Waals surface area contributed by atoms with Gasteiger partial charge in [-0.15, -0.1) is 0 Å². The van der Waals surface area contributed by atoms with Gasteiger partial charge in [-0.3, -0.25) is 0 Å². The highest BCUT2D eigenvalue weighted by molar-refractivity contribution is 5.79. The molecule has 0 aliphatic heterocycles. The lowest BCUT2D eigenvalue weighted by atomic mass is 9.75. The highest BCUT2D eigenvalue weighted by Gasteiger charge is 2.60. The van der Waals surface area contributed by atoms with Crippen LogP contribution in [-0.2, 0) is 9.53 Å². The molecule has 94 valence electrons. The Hall–Kier alpha value is -0.710. The van der Waals surface area contributed by atoms with Crippen molar-refractivity contribution in [1.82, 2.24) is 0 Å². The van der Waals surface area contributed by atoms with Crippen LogP contribution in [0.2, 0.25) is 0 Å². The Morgan fingerprint density at radius 1 is 1.62 bits per heavy atom. The number of carbonyl (C=O) groups excluding carboxylic acids is 1. The van der Waals surface area contributed by atoms with Crippen molar-refractivity contribution in [2.24, 2.45) is 5.92 Å². The molecule has 0 bridgehead atoms. The number of hydrogen-bond acceptors (Lipinski definition) is 3. The quantitative estimate of drug-likeness (QED) is 0.763. The smallest absolute Gasteiger partial charge is 0.380 e. The molecule has 1 rings (SSSR count). The molecule has 0 aromatic carbocycles. The number of halogens is 2. The first-order valence-electron chi connectivity index (χ1n) is 5.61. The van der Waals surface area contributed by atoms with E-state index in [1.165, 1.54) is 6.92 Å². The summed E-state index contributed by atoms with van der Waals surface area (Å²) in [6, 6.07) is 0. The van der Waals surface area contributed by atoms with E-state index in [1.807, 2.05) is 0 Å². The van der Waals surface area contributed by atoms with Crippen LogP contribution in [0.4, 0.5) is 8.78 Å². The number of aliphatic hydroxyl groups is 1. The summed E-state index contributed by atoms with van der Waals surface area (Å²) < 4.78 is 31.8. The van der Waals surface area contributed by atoms with E-state index in [0.29, 0.717) is 6.42 Å². The molecule has 1 aliphatic carbocycles. The van der Waals surface area contributed by atoms with Gasteiger partial charge in [0.25, 0.3) is 0 Å². The molecule has 2 atom stereocenters. The van der Waals surface area contributed by atoms with Crippen LogP contribution in [0, 0.1) is 5.92 Å². The van der Waals surface area contributed by atoms with Crippen molar-refractivity contribution in [3.8, 4) is 0 Å². The van der Waals surface area contributed by atoms with Crippen molar-refractivity contribution in [3.05, 3.63) is 0 Å². The van der Waals surface area contributed by atoms with Crippen LogP contribution in [-0.4, -0.2) is 29.2 Å². The molecule has 0 heterocycles. The minimum Gasteiger partial charge on any atom is -0.461 e. The Kier molecular flexibility index (Phi) is 3.88. The van der Waals surface area contributed by atoms with E-state index in [9.17, 15) is 18.7 Å². The average molecular weight is 236 g/mol. The molecule has 1 N–H and O–H groups in total. The largest absolute Gasteiger partial charge is 0.461 e. The third kappa shape index (κ3) is 2.34. The number of alkyl halides is 2. The van der Waals surface area contributed by atoms with E-state index >= 15 is 0 Å². The molecule has 5 heteroatoms. The average Bonchev–Trinajstić information content (AvgIpc) is 2.17. The Morgan fingerprint density at radius 3 is 2.75 bits per heavy atom. The molecule has 0 radical (unpaired) electrons. The number of hydrogen-bond donors (Lipinski definition) is 1. The standard InChI is InChI=1S/C11H18F2O3/c1-3-16-9(14)11(12,13)10(15)6-4-5-8(2)7-10/h8,15H,3-7H2,1-2H3. The summed E-state index contributed by atoms with van der Waals surface area (Å²) in [6.45, 7) is 3.15. The number of rotatable bonds is 3. The molecular weight excluding hydrogens is 218 g/mol. The van der Waals surface area contributed by atoms with Gasteiger partial charge in [-0.2, -0.15) is 8.78 Å². The molecule has 1 fully saturated rings. The molecule has 1 saturated carbocycles. The van der Waals surface area contributed by atoms with Crippen LogP contribution >= 0.6 is 0 Å². The van der Waals surface area contributed by atoms with E-state index in [1.54, 1.807) is 6.92 Å². The summed E-state index contributed by atoms with van der Waals surface area (Å²) in [7, 11) is 0. The van der Waals surface area contributed by atoms with Gasteiger partial charge in [0.15, 0.2) is 0 Å². The Labute approximate surface area is 93.8 Å². The molecule has 3 nitrogen and oxygen atoms in total. The van der Waals surface area contributed by atoms with Gasteiger partial charge in [0, 0.05) is 0 Å². The van der Waals surface area contributed by atoms with Gasteiger partial charge in [0.05, 0.1) is 6.61 Å². The first kappa shape index (κ1) is 13.4. The lowest BCUT2D eigenvalue weighted by molar-refractivity contribution is -0.223. The van der Waals surface area contributed by atoms with E-state index in [2.05, 4.69) is 4.74 Å². The molecule has 2 unspecified atom stereocenters. The summed E-state index contributed by atoms with van der Waals surface area (Å²) in [6.07, 6.45) is 1.20. The lowest BCUT2D eigenvalue weighted by Gasteiger charge is -2.39. The van der Waals surface area contributed by atoms with Crippen molar-refractivity contribution < 1.29 is 23.4 Å². The molecule has 16 heavy (non-hydrogen) atoms. The highest BCUT2D eigenvalue weighted by atomic mass is 19.3. The van der Waals surface area contributed by atoms with Crippen LogP contribution < -0.4 is 0 Å². The number of ether oxygens (including phenoxy) is 1. The second-order valence-corrected chi connectivity index (χ2v) is 4.53. The highest BCUT2D eigenvalue weighted by Crippen LogP contribution is 2.43. The van der Waals surface area contributed by atoms with E-state index in [0.717, 1.165) is 6.42 Å². The molecule has 0 amide bonds. The Balaban J connectivity index is 2.83.